The van der Waals surface area contributed by atoms with Crippen molar-refractivity contribution >= 4 is 17.6 Å². The van der Waals surface area contributed by atoms with Crippen LogP contribution in [0.25, 0.3) is 0 Å². The lowest BCUT2D eigenvalue weighted by Crippen LogP contribution is -2.45. The van der Waals surface area contributed by atoms with Crippen molar-refractivity contribution in [2.75, 3.05) is 6.54 Å². The number of benzene rings is 1. The van der Waals surface area contributed by atoms with Gasteiger partial charge in [0.25, 0.3) is 0 Å². The van der Waals surface area contributed by atoms with Gasteiger partial charge in [0.2, 0.25) is 0 Å². The Kier molecular flexibility index (Phi) is 4.82. The maximum absolute atomic E-state index is 10.4. The smallest absolute Gasteiger partial charge is 0.189 e. The second-order valence-corrected chi connectivity index (χ2v) is 6.24. The van der Waals surface area contributed by atoms with Gasteiger partial charge in [0, 0.05) is 16.1 Å². The topological polar surface area (TPSA) is 70.6 Å². The quantitative estimate of drug-likeness (QED) is 0.589. The summed E-state index contributed by atoms with van der Waals surface area (Å²) in [5, 5.41) is 14.0. The second-order valence-electron chi connectivity index (χ2n) is 5.83. The summed E-state index contributed by atoms with van der Waals surface area (Å²) < 4.78 is 0. The summed E-state index contributed by atoms with van der Waals surface area (Å²) in [6.45, 7) is 7.78. The summed E-state index contributed by atoms with van der Waals surface area (Å²) in [4.78, 5) is 4.17. The number of aliphatic hydroxyl groups is 1. The number of aliphatic imine (C=N–C) groups is 1. The third kappa shape index (κ3) is 5.09. The fourth-order valence-corrected chi connectivity index (χ4v) is 1.99. The van der Waals surface area contributed by atoms with Crippen LogP contribution in [0.3, 0.4) is 0 Å². The molecule has 1 atom stereocenters. The predicted octanol–water partition coefficient (Wildman–Crippen LogP) is 2.25. The average molecular weight is 284 g/mol. The van der Waals surface area contributed by atoms with Gasteiger partial charge in [-0.3, -0.25) is 4.99 Å². The van der Waals surface area contributed by atoms with Crippen molar-refractivity contribution in [3.63, 3.8) is 0 Å². The highest BCUT2D eigenvalue weighted by Gasteiger charge is 2.25. The zero-order valence-corrected chi connectivity index (χ0v) is 12.6. The van der Waals surface area contributed by atoms with Crippen molar-refractivity contribution in [2.24, 2.45) is 10.7 Å². The van der Waals surface area contributed by atoms with E-state index in [2.05, 4.69) is 10.3 Å². The summed E-state index contributed by atoms with van der Waals surface area (Å²) in [5.41, 5.74) is 5.11. The third-order valence-electron chi connectivity index (χ3n) is 2.51. The van der Waals surface area contributed by atoms with E-state index in [1.54, 1.807) is 19.1 Å². The van der Waals surface area contributed by atoms with Crippen molar-refractivity contribution < 1.29 is 5.11 Å². The standard InChI is InChI=1S/C14H22ClN3O/c1-13(2,3)18-12(16)17-9-14(4,19)10-7-5-6-8-11(10)15/h5-8,19H,9H2,1-4H3,(H3,16,17,18). The highest BCUT2D eigenvalue weighted by molar-refractivity contribution is 6.31. The molecule has 0 spiro atoms. The molecular formula is C14H22ClN3O. The zero-order chi connectivity index (χ0) is 14.7. The van der Waals surface area contributed by atoms with E-state index in [9.17, 15) is 5.11 Å². The van der Waals surface area contributed by atoms with Crippen LogP contribution in [0.15, 0.2) is 29.3 Å². The SMILES string of the molecule is CC(C)(C)NC(N)=NCC(C)(O)c1ccccc1Cl. The lowest BCUT2D eigenvalue weighted by molar-refractivity contribution is 0.0674. The van der Waals surface area contributed by atoms with Crippen LogP contribution < -0.4 is 11.1 Å². The summed E-state index contributed by atoms with van der Waals surface area (Å²) in [6, 6.07) is 7.17. The minimum atomic E-state index is -1.15. The van der Waals surface area contributed by atoms with Crippen LogP contribution in [-0.4, -0.2) is 23.1 Å². The Labute approximate surface area is 119 Å². The van der Waals surface area contributed by atoms with Crippen LogP contribution >= 0.6 is 11.6 Å². The van der Waals surface area contributed by atoms with Gasteiger partial charge in [-0.15, -0.1) is 0 Å². The van der Waals surface area contributed by atoms with E-state index < -0.39 is 5.60 Å². The Balaban J connectivity index is 2.81. The molecule has 5 heteroatoms. The van der Waals surface area contributed by atoms with Gasteiger partial charge in [0.05, 0.1) is 6.54 Å². The largest absolute Gasteiger partial charge is 0.383 e. The number of nitrogens with one attached hydrogen (secondary N) is 1. The first kappa shape index (κ1) is 15.8. The highest BCUT2D eigenvalue weighted by atomic mass is 35.5. The molecule has 106 valence electrons. The van der Waals surface area contributed by atoms with Gasteiger partial charge in [0.1, 0.15) is 5.60 Å². The lowest BCUT2D eigenvalue weighted by atomic mass is 9.96. The number of hydrogen-bond donors (Lipinski definition) is 3. The van der Waals surface area contributed by atoms with E-state index in [0.717, 1.165) is 0 Å². The van der Waals surface area contributed by atoms with Crippen molar-refractivity contribution in [3.8, 4) is 0 Å². The van der Waals surface area contributed by atoms with Crippen LogP contribution in [0.1, 0.15) is 33.3 Å². The molecule has 0 saturated heterocycles. The first-order valence-electron chi connectivity index (χ1n) is 6.17. The molecule has 0 aliphatic heterocycles. The highest BCUT2D eigenvalue weighted by Crippen LogP contribution is 2.27. The van der Waals surface area contributed by atoms with E-state index in [-0.39, 0.29) is 12.1 Å². The van der Waals surface area contributed by atoms with Crippen LogP contribution in [-0.2, 0) is 5.60 Å². The van der Waals surface area contributed by atoms with E-state index in [1.807, 2.05) is 32.9 Å². The molecule has 0 radical (unpaired) electrons. The second kappa shape index (κ2) is 5.80. The van der Waals surface area contributed by atoms with E-state index >= 15 is 0 Å². The molecule has 1 unspecified atom stereocenters. The van der Waals surface area contributed by atoms with Gasteiger partial charge >= 0.3 is 0 Å². The fourth-order valence-electron chi connectivity index (χ4n) is 1.65. The minimum Gasteiger partial charge on any atom is -0.383 e. The summed E-state index contributed by atoms with van der Waals surface area (Å²) in [5.74, 6) is 0.305. The molecule has 0 saturated carbocycles. The van der Waals surface area contributed by atoms with E-state index in [1.165, 1.54) is 0 Å². The maximum atomic E-state index is 10.4. The third-order valence-corrected chi connectivity index (χ3v) is 2.84. The molecule has 0 amide bonds. The van der Waals surface area contributed by atoms with Crippen LogP contribution in [0, 0.1) is 0 Å². The number of hydrogen-bond acceptors (Lipinski definition) is 2. The fraction of sp³-hybridized carbons (Fsp3) is 0.500. The maximum Gasteiger partial charge on any atom is 0.189 e. The average Bonchev–Trinajstić information content (AvgIpc) is 2.24. The van der Waals surface area contributed by atoms with E-state index in [4.69, 9.17) is 17.3 Å². The number of halogens is 1. The first-order valence-corrected chi connectivity index (χ1v) is 6.55. The van der Waals surface area contributed by atoms with Gasteiger partial charge in [-0.1, -0.05) is 29.8 Å². The summed E-state index contributed by atoms with van der Waals surface area (Å²) >= 11 is 6.08. The van der Waals surface area contributed by atoms with Crippen molar-refractivity contribution in [3.05, 3.63) is 34.9 Å². The Bertz CT molecular complexity index is 464. The Morgan fingerprint density at radius 1 is 1.32 bits per heavy atom. The molecule has 0 fully saturated rings. The molecule has 4 N–H and O–H groups in total. The number of guanidine groups is 1. The van der Waals surface area contributed by atoms with Gasteiger partial charge < -0.3 is 16.2 Å². The lowest BCUT2D eigenvalue weighted by Gasteiger charge is -2.25. The van der Waals surface area contributed by atoms with E-state index in [0.29, 0.717) is 16.5 Å². The predicted molar refractivity (Wildman–Crippen MR) is 80.4 cm³/mol. The van der Waals surface area contributed by atoms with Gasteiger partial charge in [-0.2, -0.15) is 0 Å². The molecule has 1 aromatic rings. The summed E-state index contributed by atoms with van der Waals surface area (Å²) in [7, 11) is 0. The molecule has 1 rings (SSSR count). The molecule has 4 nitrogen and oxygen atoms in total. The zero-order valence-electron chi connectivity index (χ0n) is 11.9. The molecule has 0 aliphatic rings. The van der Waals surface area contributed by atoms with Crippen LogP contribution in [0.4, 0.5) is 0 Å². The van der Waals surface area contributed by atoms with Crippen LogP contribution in [0.5, 0.6) is 0 Å². The number of rotatable bonds is 3. The molecule has 0 aliphatic carbocycles. The first-order chi connectivity index (χ1) is 8.62. The van der Waals surface area contributed by atoms with Crippen LogP contribution in [0.2, 0.25) is 5.02 Å². The van der Waals surface area contributed by atoms with Gasteiger partial charge in [0.15, 0.2) is 5.96 Å². The Hall–Kier alpha value is -1.26. The number of nitrogens with two attached hydrogens (primary N) is 1. The van der Waals surface area contributed by atoms with Crippen molar-refractivity contribution in [1.29, 1.82) is 0 Å². The molecule has 0 aromatic heterocycles. The number of nitrogens with zero attached hydrogens (tertiary/aromatic N) is 1. The molecule has 0 heterocycles. The van der Waals surface area contributed by atoms with Crippen molar-refractivity contribution in [2.45, 2.75) is 38.8 Å². The summed E-state index contributed by atoms with van der Waals surface area (Å²) in [6.07, 6.45) is 0. The minimum absolute atomic E-state index is 0.144. The molecule has 1 aromatic carbocycles. The van der Waals surface area contributed by atoms with Crippen molar-refractivity contribution in [1.82, 2.24) is 5.32 Å². The monoisotopic (exact) mass is 283 g/mol. The molecule has 0 bridgehead atoms. The molecular weight excluding hydrogens is 262 g/mol. The Morgan fingerprint density at radius 2 is 1.89 bits per heavy atom. The van der Waals surface area contributed by atoms with Gasteiger partial charge in [-0.05, 0) is 33.8 Å². The Morgan fingerprint density at radius 3 is 2.42 bits per heavy atom. The van der Waals surface area contributed by atoms with Gasteiger partial charge in [-0.25, -0.2) is 0 Å². The molecule has 19 heavy (non-hydrogen) atoms. The normalized spacial score (nSPS) is 16.0.